The van der Waals surface area contributed by atoms with E-state index in [1.807, 2.05) is 13.0 Å². The molecule has 0 radical (unpaired) electrons. The van der Waals surface area contributed by atoms with E-state index in [0.717, 1.165) is 5.76 Å². The van der Waals surface area contributed by atoms with Gasteiger partial charge >= 0.3 is 12.0 Å². The molecule has 1 fully saturated rings. The predicted octanol–water partition coefficient (Wildman–Crippen LogP) is 1.78. The van der Waals surface area contributed by atoms with Crippen molar-refractivity contribution < 1.29 is 23.8 Å². The fourth-order valence-electron chi connectivity index (χ4n) is 2.55. The van der Waals surface area contributed by atoms with Crippen molar-refractivity contribution >= 4 is 12.0 Å². The highest BCUT2D eigenvalue weighted by Crippen LogP contribution is 2.30. The van der Waals surface area contributed by atoms with E-state index in [1.54, 1.807) is 20.1 Å². The lowest BCUT2D eigenvalue weighted by Crippen LogP contribution is -2.43. The summed E-state index contributed by atoms with van der Waals surface area (Å²) in [5.41, 5.74) is -0.880. The Bertz CT molecular complexity index is 556. The molecule has 122 valence electrons. The van der Waals surface area contributed by atoms with Crippen LogP contribution >= 0.6 is 0 Å². The third kappa shape index (κ3) is 3.41. The Hall–Kier alpha value is -2.02. The molecule has 2 rings (SSSR count). The molecule has 2 amide bonds. The summed E-state index contributed by atoms with van der Waals surface area (Å²) in [6.45, 7) is 4.39. The van der Waals surface area contributed by atoms with Gasteiger partial charge in [0.05, 0.1) is 12.0 Å². The number of ether oxygens (including phenoxy) is 1. The van der Waals surface area contributed by atoms with Crippen LogP contribution < -0.4 is 5.32 Å². The van der Waals surface area contributed by atoms with Gasteiger partial charge in [0.2, 0.25) is 0 Å². The lowest BCUT2D eigenvalue weighted by Gasteiger charge is -2.23. The highest BCUT2D eigenvalue weighted by molar-refractivity contribution is 5.79. The number of hydrogen-bond acceptors (Lipinski definition) is 4. The van der Waals surface area contributed by atoms with Crippen molar-refractivity contribution in [1.82, 2.24) is 10.2 Å². The molecule has 2 unspecified atom stereocenters. The van der Waals surface area contributed by atoms with Crippen LogP contribution in [0.4, 0.5) is 4.79 Å². The molecule has 7 heteroatoms. The Kier molecular flexibility index (Phi) is 4.75. The largest absolute Gasteiger partial charge is 0.481 e. The molecule has 2 N–H and O–H groups in total. The number of methoxy groups -OCH3 is 1. The number of amides is 2. The monoisotopic (exact) mass is 310 g/mol. The van der Waals surface area contributed by atoms with Gasteiger partial charge in [-0.2, -0.15) is 0 Å². The lowest BCUT2D eigenvalue weighted by molar-refractivity contribution is -0.147. The molecule has 0 aliphatic carbocycles. The maximum atomic E-state index is 12.3. The zero-order valence-corrected chi connectivity index (χ0v) is 13.1. The van der Waals surface area contributed by atoms with Gasteiger partial charge in [-0.25, -0.2) is 4.79 Å². The normalized spacial score (nSPS) is 22.6. The van der Waals surface area contributed by atoms with Gasteiger partial charge in [0.15, 0.2) is 0 Å². The van der Waals surface area contributed by atoms with Crippen molar-refractivity contribution in [3.8, 4) is 0 Å². The number of urea groups is 1. The van der Waals surface area contributed by atoms with Crippen LogP contribution in [0.2, 0.25) is 0 Å². The first-order chi connectivity index (χ1) is 10.4. The molecule has 2 atom stereocenters. The standard InChI is InChI=1S/C15H22N2O5/c1-10-4-5-12(22-10)11(8-21-3)16-14(20)17-7-6-15(2,9-17)13(18)19/h4-5,11H,6-9H2,1-3H3,(H,16,20)(H,18,19). The molecular weight excluding hydrogens is 288 g/mol. The average Bonchev–Trinajstić information content (AvgIpc) is 3.05. The number of carboxylic acid groups (broad SMARTS) is 1. The zero-order chi connectivity index (χ0) is 16.3. The van der Waals surface area contributed by atoms with Crippen LogP contribution in [0.25, 0.3) is 0 Å². The first-order valence-corrected chi connectivity index (χ1v) is 7.20. The quantitative estimate of drug-likeness (QED) is 0.865. The number of nitrogens with zero attached hydrogens (tertiary/aromatic N) is 1. The highest BCUT2D eigenvalue weighted by Gasteiger charge is 2.42. The van der Waals surface area contributed by atoms with Crippen LogP contribution in [-0.2, 0) is 9.53 Å². The summed E-state index contributed by atoms with van der Waals surface area (Å²) in [4.78, 5) is 25.1. The van der Waals surface area contributed by atoms with Gasteiger partial charge in [0.25, 0.3) is 0 Å². The molecule has 0 saturated carbocycles. The summed E-state index contributed by atoms with van der Waals surface area (Å²) in [6.07, 6.45) is 0.449. The third-order valence-corrected chi connectivity index (χ3v) is 4.01. The molecule has 1 saturated heterocycles. The van der Waals surface area contributed by atoms with E-state index in [9.17, 15) is 14.7 Å². The number of rotatable bonds is 5. The topological polar surface area (TPSA) is 92.0 Å². The molecule has 0 spiro atoms. The van der Waals surface area contributed by atoms with Crippen LogP contribution in [0.1, 0.15) is 30.9 Å². The van der Waals surface area contributed by atoms with Gasteiger partial charge in [-0.1, -0.05) is 0 Å². The smallest absolute Gasteiger partial charge is 0.318 e. The highest BCUT2D eigenvalue weighted by atomic mass is 16.5. The molecule has 22 heavy (non-hydrogen) atoms. The molecule has 0 bridgehead atoms. The Morgan fingerprint density at radius 2 is 2.27 bits per heavy atom. The van der Waals surface area contributed by atoms with E-state index in [0.29, 0.717) is 18.7 Å². The number of aryl methyl sites for hydroxylation is 1. The van der Waals surface area contributed by atoms with Crippen LogP contribution in [-0.4, -0.2) is 48.8 Å². The second kappa shape index (κ2) is 6.39. The van der Waals surface area contributed by atoms with Gasteiger partial charge in [0.1, 0.15) is 17.6 Å². The minimum absolute atomic E-state index is 0.199. The molecule has 2 heterocycles. The summed E-state index contributed by atoms with van der Waals surface area (Å²) in [5.74, 6) is 0.496. The Labute approximate surface area is 129 Å². The van der Waals surface area contributed by atoms with Crippen molar-refractivity contribution in [2.45, 2.75) is 26.3 Å². The summed E-state index contributed by atoms with van der Waals surface area (Å²) < 4.78 is 10.7. The summed E-state index contributed by atoms with van der Waals surface area (Å²) in [7, 11) is 1.55. The predicted molar refractivity (Wildman–Crippen MR) is 78.5 cm³/mol. The molecule has 1 aliphatic rings. The molecular formula is C15H22N2O5. The van der Waals surface area contributed by atoms with Gasteiger partial charge < -0.3 is 24.5 Å². The van der Waals surface area contributed by atoms with Gasteiger partial charge in [-0.05, 0) is 32.4 Å². The first-order valence-electron chi connectivity index (χ1n) is 7.20. The number of nitrogens with one attached hydrogen (secondary N) is 1. The Balaban J connectivity index is 2.02. The Morgan fingerprint density at radius 3 is 2.77 bits per heavy atom. The van der Waals surface area contributed by atoms with E-state index in [4.69, 9.17) is 9.15 Å². The fraction of sp³-hybridized carbons (Fsp3) is 0.600. The Morgan fingerprint density at radius 1 is 1.55 bits per heavy atom. The summed E-state index contributed by atoms with van der Waals surface area (Å²) >= 11 is 0. The average molecular weight is 310 g/mol. The molecule has 1 aliphatic heterocycles. The first kappa shape index (κ1) is 16.4. The summed E-state index contributed by atoms with van der Waals surface area (Å²) in [5, 5.41) is 12.1. The van der Waals surface area contributed by atoms with E-state index in [2.05, 4.69) is 5.32 Å². The van der Waals surface area contributed by atoms with Crippen LogP contribution in [0.5, 0.6) is 0 Å². The van der Waals surface area contributed by atoms with Gasteiger partial charge in [-0.3, -0.25) is 4.79 Å². The zero-order valence-electron chi connectivity index (χ0n) is 13.1. The molecule has 7 nitrogen and oxygen atoms in total. The number of aliphatic carboxylic acids is 1. The molecule has 1 aromatic heterocycles. The minimum Gasteiger partial charge on any atom is -0.481 e. The maximum Gasteiger partial charge on any atom is 0.318 e. The molecule has 0 aromatic carbocycles. The number of hydrogen-bond donors (Lipinski definition) is 2. The fourth-order valence-corrected chi connectivity index (χ4v) is 2.55. The van der Waals surface area contributed by atoms with Crippen molar-refractivity contribution in [2.75, 3.05) is 26.8 Å². The van der Waals surface area contributed by atoms with Crippen molar-refractivity contribution in [3.63, 3.8) is 0 Å². The van der Waals surface area contributed by atoms with E-state index in [-0.39, 0.29) is 19.2 Å². The minimum atomic E-state index is -0.880. The number of carboxylic acids is 1. The number of furan rings is 1. The van der Waals surface area contributed by atoms with Crippen LogP contribution in [0.15, 0.2) is 16.5 Å². The van der Waals surface area contributed by atoms with Crippen molar-refractivity contribution in [2.24, 2.45) is 5.41 Å². The number of likely N-dealkylation sites (tertiary alicyclic amines) is 1. The van der Waals surface area contributed by atoms with Crippen molar-refractivity contribution in [1.29, 1.82) is 0 Å². The van der Waals surface area contributed by atoms with Crippen molar-refractivity contribution in [3.05, 3.63) is 23.7 Å². The lowest BCUT2D eigenvalue weighted by atomic mass is 9.90. The second-order valence-corrected chi connectivity index (χ2v) is 5.94. The van der Waals surface area contributed by atoms with Crippen LogP contribution in [0, 0.1) is 12.3 Å². The summed E-state index contributed by atoms with van der Waals surface area (Å²) in [6, 6.07) is 2.91. The van der Waals surface area contributed by atoms with Gasteiger partial charge in [0, 0.05) is 20.2 Å². The van der Waals surface area contributed by atoms with Gasteiger partial charge in [-0.15, -0.1) is 0 Å². The van der Waals surface area contributed by atoms with Crippen LogP contribution in [0.3, 0.4) is 0 Å². The SMILES string of the molecule is COCC(NC(=O)N1CCC(C)(C(=O)O)C1)c1ccc(C)o1. The maximum absolute atomic E-state index is 12.3. The third-order valence-electron chi connectivity index (χ3n) is 4.01. The van der Waals surface area contributed by atoms with E-state index >= 15 is 0 Å². The second-order valence-electron chi connectivity index (χ2n) is 5.94. The molecule has 1 aromatic rings. The number of carbonyl (C=O) groups is 2. The van der Waals surface area contributed by atoms with E-state index in [1.165, 1.54) is 4.90 Å². The van der Waals surface area contributed by atoms with E-state index < -0.39 is 17.4 Å². The number of carbonyl (C=O) groups excluding carboxylic acids is 1.